The second-order valence-corrected chi connectivity index (χ2v) is 4.00. The molecule has 3 rings (SSSR count). The van der Waals surface area contributed by atoms with Crippen molar-refractivity contribution in [3.05, 3.63) is 40.2 Å². The van der Waals surface area contributed by atoms with Crippen LogP contribution in [-0.4, -0.2) is 22.8 Å². The molecule has 4 heteroatoms. The summed E-state index contributed by atoms with van der Waals surface area (Å²) in [5.74, 6) is 0.796. The lowest BCUT2D eigenvalue weighted by molar-refractivity contribution is 0.0927. The molecule has 0 aliphatic carbocycles. The van der Waals surface area contributed by atoms with E-state index in [-0.39, 0.29) is 5.56 Å². The van der Waals surface area contributed by atoms with Crippen LogP contribution in [0.15, 0.2) is 29.1 Å². The molecule has 2 heterocycles. The molecule has 1 atom stereocenters. The minimum atomic E-state index is -0.468. The highest BCUT2D eigenvalue weighted by Gasteiger charge is 2.19. The van der Waals surface area contributed by atoms with E-state index in [9.17, 15) is 9.90 Å². The monoisotopic (exact) mass is 217 g/mol. The van der Waals surface area contributed by atoms with Gasteiger partial charge in [0.2, 0.25) is 5.56 Å². The Kier molecular flexibility index (Phi) is 1.97. The van der Waals surface area contributed by atoms with Gasteiger partial charge < -0.3 is 14.8 Å². The van der Waals surface area contributed by atoms with Crippen molar-refractivity contribution in [3.8, 4) is 5.75 Å². The molecule has 0 saturated carbocycles. The number of benzene rings is 1. The van der Waals surface area contributed by atoms with Gasteiger partial charge in [0, 0.05) is 29.0 Å². The highest BCUT2D eigenvalue weighted by atomic mass is 16.5. The van der Waals surface area contributed by atoms with Crippen LogP contribution < -0.4 is 10.3 Å². The number of ether oxygens (including phenoxy) is 1. The third kappa shape index (κ3) is 1.39. The molecule has 4 nitrogen and oxygen atoms in total. The summed E-state index contributed by atoms with van der Waals surface area (Å²) >= 11 is 0. The Balaban J connectivity index is 2.30. The summed E-state index contributed by atoms with van der Waals surface area (Å²) in [6.07, 6.45) is 0.101. The summed E-state index contributed by atoms with van der Waals surface area (Å²) in [4.78, 5) is 13.9. The van der Waals surface area contributed by atoms with Gasteiger partial charge in [-0.3, -0.25) is 4.79 Å². The second-order valence-electron chi connectivity index (χ2n) is 4.00. The minimum Gasteiger partial charge on any atom is -0.491 e. The van der Waals surface area contributed by atoms with Crippen molar-refractivity contribution >= 4 is 10.9 Å². The molecule has 2 aromatic rings. The molecule has 0 radical (unpaired) electrons. The average molecular weight is 217 g/mol. The van der Waals surface area contributed by atoms with Gasteiger partial charge in [0.05, 0.1) is 6.10 Å². The maximum Gasteiger partial charge on any atom is 0.248 e. The van der Waals surface area contributed by atoms with Crippen molar-refractivity contribution in [1.29, 1.82) is 0 Å². The Morgan fingerprint density at radius 3 is 3.06 bits per heavy atom. The second kappa shape index (κ2) is 3.35. The molecule has 82 valence electrons. The van der Waals surface area contributed by atoms with E-state index in [1.165, 1.54) is 6.07 Å². The lowest BCUT2D eigenvalue weighted by atomic mass is 9.99. The fraction of sp³-hybridized carbons (Fsp3) is 0.250. The number of fused-ring (bicyclic) bond motifs is 3. The van der Waals surface area contributed by atoms with Gasteiger partial charge in [0.1, 0.15) is 12.4 Å². The first-order valence-corrected chi connectivity index (χ1v) is 5.20. The molecule has 0 fully saturated rings. The fourth-order valence-electron chi connectivity index (χ4n) is 2.10. The van der Waals surface area contributed by atoms with E-state index >= 15 is 0 Å². The summed E-state index contributed by atoms with van der Waals surface area (Å²) in [6, 6.07) is 6.92. The molecular weight excluding hydrogens is 206 g/mol. The van der Waals surface area contributed by atoms with Gasteiger partial charge >= 0.3 is 0 Å². The number of rotatable bonds is 0. The largest absolute Gasteiger partial charge is 0.491 e. The van der Waals surface area contributed by atoms with E-state index in [0.717, 1.165) is 22.2 Å². The van der Waals surface area contributed by atoms with Crippen molar-refractivity contribution in [1.82, 2.24) is 4.98 Å². The molecule has 1 unspecified atom stereocenters. The van der Waals surface area contributed by atoms with E-state index in [0.29, 0.717) is 13.0 Å². The van der Waals surface area contributed by atoms with Crippen LogP contribution in [-0.2, 0) is 6.42 Å². The molecule has 1 aliphatic heterocycles. The number of hydrogen-bond acceptors (Lipinski definition) is 3. The summed E-state index contributed by atoms with van der Waals surface area (Å²) < 4.78 is 5.43. The molecular formula is C12H11NO3. The van der Waals surface area contributed by atoms with E-state index in [2.05, 4.69) is 4.98 Å². The van der Waals surface area contributed by atoms with Gasteiger partial charge in [-0.15, -0.1) is 0 Å². The number of aliphatic hydroxyl groups excluding tert-OH is 1. The predicted octanol–water partition coefficient (Wildman–Crippen LogP) is 0.824. The first-order chi connectivity index (χ1) is 7.74. The van der Waals surface area contributed by atoms with E-state index in [1.54, 1.807) is 6.07 Å². The van der Waals surface area contributed by atoms with Gasteiger partial charge in [-0.1, -0.05) is 0 Å². The Bertz CT molecular complexity index is 603. The van der Waals surface area contributed by atoms with Gasteiger partial charge in [-0.25, -0.2) is 0 Å². The number of nitrogens with one attached hydrogen (secondary N) is 1. The first-order valence-electron chi connectivity index (χ1n) is 5.20. The minimum absolute atomic E-state index is 0.121. The zero-order valence-corrected chi connectivity index (χ0v) is 8.56. The maximum atomic E-state index is 11.2. The molecule has 2 N–H and O–H groups in total. The topological polar surface area (TPSA) is 62.3 Å². The lowest BCUT2D eigenvalue weighted by Gasteiger charge is -2.22. The van der Waals surface area contributed by atoms with Crippen molar-refractivity contribution in [2.75, 3.05) is 6.61 Å². The molecule has 0 bridgehead atoms. The number of aromatic nitrogens is 1. The molecule has 1 aromatic carbocycles. The normalized spacial score (nSPS) is 19.2. The Labute approximate surface area is 91.5 Å². The molecule has 0 saturated heterocycles. The zero-order chi connectivity index (χ0) is 11.1. The third-order valence-electron chi connectivity index (χ3n) is 2.84. The van der Waals surface area contributed by atoms with Crippen LogP contribution in [0.4, 0.5) is 0 Å². The van der Waals surface area contributed by atoms with E-state index in [4.69, 9.17) is 4.74 Å². The molecule has 0 spiro atoms. The van der Waals surface area contributed by atoms with E-state index < -0.39 is 6.10 Å². The summed E-state index contributed by atoms with van der Waals surface area (Å²) in [5.41, 5.74) is 1.63. The number of aliphatic hydroxyl groups is 1. The van der Waals surface area contributed by atoms with Gasteiger partial charge in [0.25, 0.3) is 0 Å². The van der Waals surface area contributed by atoms with Crippen molar-refractivity contribution < 1.29 is 9.84 Å². The molecule has 16 heavy (non-hydrogen) atoms. The standard InChI is InChI=1S/C12H11NO3/c14-7-5-9-8-1-4-12(15)13-10(8)2-3-11(9)16-6-7/h1-4,7,14H,5-6H2,(H,13,15). The maximum absolute atomic E-state index is 11.2. The Morgan fingerprint density at radius 1 is 1.31 bits per heavy atom. The smallest absolute Gasteiger partial charge is 0.248 e. The van der Waals surface area contributed by atoms with Crippen LogP contribution in [0.2, 0.25) is 0 Å². The third-order valence-corrected chi connectivity index (χ3v) is 2.84. The number of H-pyrrole nitrogens is 1. The first kappa shape index (κ1) is 9.42. The highest BCUT2D eigenvalue weighted by Crippen LogP contribution is 2.30. The number of aromatic amines is 1. The summed E-state index contributed by atoms with van der Waals surface area (Å²) in [7, 11) is 0. The van der Waals surface area contributed by atoms with Crippen molar-refractivity contribution in [2.24, 2.45) is 0 Å². The van der Waals surface area contributed by atoms with E-state index in [1.807, 2.05) is 12.1 Å². The Morgan fingerprint density at radius 2 is 2.19 bits per heavy atom. The summed E-state index contributed by atoms with van der Waals surface area (Å²) in [5, 5.41) is 10.5. The molecule has 1 aliphatic rings. The predicted molar refractivity (Wildman–Crippen MR) is 59.8 cm³/mol. The van der Waals surface area contributed by atoms with Crippen LogP contribution in [0.5, 0.6) is 5.75 Å². The Hall–Kier alpha value is -1.81. The molecule has 1 aromatic heterocycles. The van der Waals surface area contributed by atoms with Crippen molar-refractivity contribution in [2.45, 2.75) is 12.5 Å². The fourth-order valence-corrected chi connectivity index (χ4v) is 2.10. The summed E-state index contributed by atoms with van der Waals surface area (Å²) in [6.45, 7) is 0.335. The SMILES string of the molecule is O=c1ccc2c3c(ccc2[nH]1)OCC(O)C3. The lowest BCUT2D eigenvalue weighted by Crippen LogP contribution is -2.25. The highest BCUT2D eigenvalue weighted by molar-refractivity contribution is 5.84. The number of hydrogen-bond donors (Lipinski definition) is 2. The van der Waals surface area contributed by atoms with Gasteiger partial charge in [-0.2, -0.15) is 0 Å². The average Bonchev–Trinajstić information content (AvgIpc) is 2.28. The van der Waals surface area contributed by atoms with Crippen LogP contribution in [0, 0.1) is 0 Å². The van der Waals surface area contributed by atoms with Crippen molar-refractivity contribution in [3.63, 3.8) is 0 Å². The van der Waals surface area contributed by atoms with Crippen LogP contribution in [0.25, 0.3) is 10.9 Å². The molecule has 0 amide bonds. The number of pyridine rings is 1. The quantitative estimate of drug-likeness (QED) is 0.686. The van der Waals surface area contributed by atoms with Crippen LogP contribution in [0.1, 0.15) is 5.56 Å². The zero-order valence-electron chi connectivity index (χ0n) is 8.56. The van der Waals surface area contributed by atoms with Crippen LogP contribution in [0.3, 0.4) is 0 Å². The van der Waals surface area contributed by atoms with Crippen LogP contribution >= 0.6 is 0 Å². The van der Waals surface area contributed by atoms with Gasteiger partial charge in [-0.05, 0) is 18.2 Å². The van der Waals surface area contributed by atoms with Gasteiger partial charge in [0.15, 0.2) is 0 Å².